The van der Waals surface area contributed by atoms with Gasteiger partial charge in [-0.1, -0.05) is 31.9 Å². The summed E-state index contributed by atoms with van der Waals surface area (Å²) in [5, 5.41) is 2.91. The Morgan fingerprint density at radius 2 is 1.40 bits per heavy atom. The van der Waals surface area contributed by atoms with Crippen LogP contribution in [0.2, 0.25) is 0 Å². The second-order valence-corrected chi connectivity index (χ2v) is 6.04. The predicted molar refractivity (Wildman–Crippen MR) is 79.1 cm³/mol. The van der Waals surface area contributed by atoms with Crippen LogP contribution in [0, 0.1) is 17.5 Å². The molecule has 1 unspecified atom stereocenters. The molecule has 0 amide bonds. The number of hydrogen-bond donors (Lipinski definition) is 1. The lowest BCUT2D eigenvalue weighted by atomic mass is 9.98. The molecule has 6 heteroatoms. The number of nitrogens with one attached hydrogen (secondary N) is 1. The Hall–Kier alpha value is -0.850. The number of halogens is 5. The molecule has 2 aromatic carbocycles. The average Bonchev–Trinajstić information content (AvgIpc) is 2.35. The average molecular weight is 409 g/mol. The van der Waals surface area contributed by atoms with Crippen LogP contribution in [0.4, 0.5) is 13.2 Å². The highest BCUT2D eigenvalue weighted by Gasteiger charge is 2.20. The van der Waals surface area contributed by atoms with Gasteiger partial charge in [-0.2, -0.15) is 0 Å². The molecule has 106 valence electrons. The van der Waals surface area contributed by atoms with Crippen LogP contribution in [0.3, 0.4) is 0 Å². The molecule has 0 radical (unpaired) electrons. The van der Waals surface area contributed by atoms with E-state index in [2.05, 4.69) is 37.2 Å². The molecule has 0 aliphatic carbocycles. The third kappa shape index (κ3) is 3.24. The molecular weight excluding hydrogens is 399 g/mol. The molecule has 1 N–H and O–H groups in total. The van der Waals surface area contributed by atoms with Gasteiger partial charge in [0.15, 0.2) is 11.6 Å². The van der Waals surface area contributed by atoms with Crippen molar-refractivity contribution in [3.8, 4) is 0 Å². The second kappa shape index (κ2) is 6.28. The second-order valence-electron chi connectivity index (χ2n) is 4.21. The van der Waals surface area contributed by atoms with E-state index in [1.165, 1.54) is 0 Å². The summed E-state index contributed by atoms with van der Waals surface area (Å²) in [5.74, 6) is -3.06. The zero-order chi connectivity index (χ0) is 14.9. The molecule has 0 fully saturated rings. The summed E-state index contributed by atoms with van der Waals surface area (Å²) in [6.45, 7) is 0. The number of benzene rings is 2. The molecule has 0 spiro atoms. The molecule has 0 aliphatic rings. The lowest BCUT2D eigenvalue weighted by molar-refractivity contribution is 0.483. The zero-order valence-electron chi connectivity index (χ0n) is 10.4. The van der Waals surface area contributed by atoms with Gasteiger partial charge >= 0.3 is 0 Å². The maximum atomic E-state index is 13.9. The first-order valence-electron chi connectivity index (χ1n) is 5.70. The van der Waals surface area contributed by atoms with E-state index in [1.54, 1.807) is 19.2 Å². The molecular formula is C14H10Br2F3N. The third-order valence-corrected chi connectivity index (χ3v) is 3.77. The van der Waals surface area contributed by atoms with Crippen LogP contribution in [-0.4, -0.2) is 7.05 Å². The highest BCUT2D eigenvalue weighted by Crippen LogP contribution is 2.30. The Morgan fingerprint density at radius 1 is 0.850 bits per heavy atom. The van der Waals surface area contributed by atoms with Gasteiger partial charge < -0.3 is 5.32 Å². The van der Waals surface area contributed by atoms with Gasteiger partial charge in [0.05, 0.1) is 6.04 Å². The van der Waals surface area contributed by atoms with Crippen LogP contribution in [0.25, 0.3) is 0 Å². The highest BCUT2D eigenvalue weighted by molar-refractivity contribution is 9.11. The molecule has 0 heterocycles. The van der Waals surface area contributed by atoms with Crippen molar-refractivity contribution in [3.05, 3.63) is 67.9 Å². The molecule has 0 saturated carbocycles. The molecule has 2 aromatic rings. The monoisotopic (exact) mass is 407 g/mol. The van der Waals surface area contributed by atoms with Crippen LogP contribution < -0.4 is 5.32 Å². The fraction of sp³-hybridized carbons (Fsp3) is 0.143. The molecule has 0 aromatic heterocycles. The van der Waals surface area contributed by atoms with E-state index in [0.717, 1.165) is 20.6 Å². The van der Waals surface area contributed by atoms with E-state index in [9.17, 15) is 13.2 Å². The summed E-state index contributed by atoms with van der Waals surface area (Å²) in [4.78, 5) is 0. The summed E-state index contributed by atoms with van der Waals surface area (Å²) in [7, 11) is 1.63. The van der Waals surface area contributed by atoms with E-state index in [1.807, 2.05) is 6.07 Å². The lowest BCUT2D eigenvalue weighted by Crippen LogP contribution is -2.19. The fourth-order valence-electron chi connectivity index (χ4n) is 2.00. The van der Waals surface area contributed by atoms with Crippen LogP contribution in [-0.2, 0) is 0 Å². The standard InChI is InChI=1S/C14H10Br2F3N/c1-20-14(7-2-8(15)4-9(16)3-7)10-5-12(18)13(19)6-11(10)17/h2-6,14,20H,1H3. The Balaban J connectivity index is 2.55. The largest absolute Gasteiger partial charge is 0.309 e. The molecule has 1 nitrogen and oxygen atoms in total. The maximum absolute atomic E-state index is 13.9. The van der Waals surface area contributed by atoms with Crippen molar-refractivity contribution < 1.29 is 13.2 Å². The summed E-state index contributed by atoms with van der Waals surface area (Å²) in [5.41, 5.74) is 0.773. The molecule has 0 aliphatic heterocycles. The van der Waals surface area contributed by atoms with E-state index >= 15 is 0 Å². The summed E-state index contributed by atoms with van der Waals surface area (Å²) < 4.78 is 41.8. The van der Waals surface area contributed by atoms with E-state index in [0.29, 0.717) is 6.07 Å². The smallest absolute Gasteiger partial charge is 0.161 e. The van der Waals surface area contributed by atoms with Crippen LogP contribution >= 0.6 is 31.9 Å². The van der Waals surface area contributed by atoms with Gasteiger partial charge in [0, 0.05) is 20.6 Å². The fourth-order valence-corrected chi connectivity index (χ4v) is 3.33. The van der Waals surface area contributed by atoms with Gasteiger partial charge in [0.25, 0.3) is 0 Å². The molecule has 0 saturated heterocycles. The predicted octanol–water partition coefficient (Wildman–Crippen LogP) is 4.94. The summed E-state index contributed by atoms with van der Waals surface area (Å²) in [6, 6.07) is 6.25. The normalized spacial score (nSPS) is 12.5. The van der Waals surface area contributed by atoms with Gasteiger partial charge in [-0.25, -0.2) is 13.2 Å². The first-order valence-corrected chi connectivity index (χ1v) is 7.28. The first kappa shape index (κ1) is 15.5. The lowest BCUT2D eigenvalue weighted by Gasteiger charge is -2.19. The van der Waals surface area contributed by atoms with Crippen LogP contribution in [0.5, 0.6) is 0 Å². The maximum Gasteiger partial charge on any atom is 0.161 e. The number of hydrogen-bond acceptors (Lipinski definition) is 1. The van der Waals surface area contributed by atoms with Crippen molar-refractivity contribution in [1.29, 1.82) is 0 Å². The van der Waals surface area contributed by atoms with Gasteiger partial charge in [0.1, 0.15) is 5.82 Å². The van der Waals surface area contributed by atoms with Crippen molar-refractivity contribution in [3.63, 3.8) is 0 Å². The van der Waals surface area contributed by atoms with Crippen molar-refractivity contribution in [2.24, 2.45) is 0 Å². The third-order valence-electron chi connectivity index (χ3n) is 2.86. The van der Waals surface area contributed by atoms with Gasteiger partial charge in [-0.15, -0.1) is 0 Å². The Bertz CT molecular complexity index is 626. The SMILES string of the molecule is CNC(c1cc(Br)cc(Br)c1)c1cc(F)c(F)cc1F. The van der Waals surface area contributed by atoms with E-state index in [4.69, 9.17) is 0 Å². The quantitative estimate of drug-likeness (QED) is 0.709. The molecule has 2 rings (SSSR count). The Labute approximate surface area is 131 Å². The summed E-state index contributed by atoms with van der Waals surface area (Å²) >= 11 is 6.68. The summed E-state index contributed by atoms with van der Waals surface area (Å²) in [6.07, 6.45) is 0. The molecule has 1 atom stereocenters. The van der Waals surface area contributed by atoms with Crippen molar-refractivity contribution in [2.75, 3.05) is 7.05 Å². The topological polar surface area (TPSA) is 12.0 Å². The Kier molecular flexibility index (Phi) is 4.88. The number of rotatable bonds is 3. The van der Waals surface area contributed by atoms with Gasteiger partial charge in [-0.3, -0.25) is 0 Å². The molecule has 20 heavy (non-hydrogen) atoms. The Morgan fingerprint density at radius 3 is 1.95 bits per heavy atom. The van der Waals surface area contributed by atoms with Gasteiger partial charge in [0.2, 0.25) is 0 Å². The minimum Gasteiger partial charge on any atom is -0.309 e. The first-order chi connectivity index (χ1) is 9.42. The minimum absolute atomic E-state index is 0.0522. The van der Waals surface area contributed by atoms with Gasteiger partial charge in [-0.05, 0) is 36.9 Å². The van der Waals surface area contributed by atoms with Crippen molar-refractivity contribution >= 4 is 31.9 Å². The van der Waals surface area contributed by atoms with E-state index < -0.39 is 23.5 Å². The highest BCUT2D eigenvalue weighted by atomic mass is 79.9. The van der Waals surface area contributed by atoms with Crippen molar-refractivity contribution in [1.82, 2.24) is 5.32 Å². The van der Waals surface area contributed by atoms with E-state index in [-0.39, 0.29) is 5.56 Å². The zero-order valence-corrected chi connectivity index (χ0v) is 13.5. The van der Waals surface area contributed by atoms with Crippen LogP contribution in [0.15, 0.2) is 39.3 Å². The minimum atomic E-state index is -1.20. The molecule has 0 bridgehead atoms. The van der Waals surface area contributed by atoms with Crippen molar-refractivity contribution in [2.45, 2.75) is 6.04 Å². The van der Waals surface area contributed by atoms with Crippen LogP contribution in [0.1, 0.15) is 17.2 Å².